The standard InChI is InChI=1S/C22H14BrN3O6S2/c23-18-11-14(12-20-21(27)25-22(33-20)24-15-5-2-1-3-6-15)9-10-19(18)32-34(30,31)17-8-4-7-16(13-17)26(28)29/h1-13H,(H,24,25,27)/b20-12-. The van der Waals surface area contributed by atoms with Crippen LogP contribution in [-0.4, -0.2) is 24.4 Å². The number of para-hydroxylation sites is 1. The van der Waals surface area contributed by atoms with E-state index in [-0.39, 0.29) is 22.2 Å². The Morgan fingerprint density at radius 1 is 1.06 bits per heavy atom. The van der Waals surface area contributed by atoms with Crippen molar-refractivity contribution in [3.8, 4) is 5.75 Å². The van der Waals surface area contributed by atoms with Crippen LogP contribution in [0.5, 0.6) is 5.75 Å². The Hall–Kier alpha value is -3.48. The van der Waals surface area contributed by atoms with Gasteiger partial charge in [0, 0.05) is 12.1 Å². The predicted molar refractivity (Wildman–Crippen MR) is 132 cm³/mol. The number of hydrogen-bond acceptors (Lipinski definition) is 8. The fourth-order valence-corrected chi connectivity index (χ4v) is 5.26. The molecule has 1 amide bonds. The molecule has 3 aromatic carbocycles. The van der Waals surface area contributed by atoms with E-state index in [9.17, 15) is 23.3 Å². The summed E-state index contributed by atoms with van der Waals surface area (Å²) >= 11 is 4.46. The number of amidine groups is 1. The number of amides is 1. The number of hydrogen-bond donors (Lipinski definition) is 1. The Labute approximate surface area is 207 Å². The molecule has 0 unspecified atom stereocenters. The van der Waals surface area contributed by atoms with E-state index in [1.807, 2.05) is 30.3 Å². The average molecular weight is 560 g/mol. The van der Waals surface area contributed by atoms with Gasteiger partial charge in [-0.25, -0.2) is 4.99 Å². The number of nitrogens with one attached hydrogen (secondary N) is 1. The van der Waals surface area contributed by atoms with Crippen LogP contribution in [-0.2, 0) is 14.9 Å². The molecule has 12 heteroatoms. The van der Waals surface area contributed by atoms with Crippen LogP contribution in [0, 0.1) is 10.1 Å². The maximum absolute atomic E-state index is 12.6. The minimum Gasteiger partial charge on any atom is -0.378 e. The van der Waals surface area contributed by atoms with Crippen LogP contribution in [0.25, 0.3) is 6.08 Å². The Balaban J connectivity index is 1.53. The molecule has 1 heterocycles. The largest absolute Gasteiger partial charge is 0.378 e. The van der Waals surface area contributed by atoms with Crippen LogP contribution in [0.15, 0.2) is 92.1 Å². The number of nitro groups is 1. The van der Waals surface area contributed by atoms with Gasteiger partial charge < -0.3 is 9.50 Å². The Kier molecular flexibility index (Phi) is 6.82. The summed E-state index contributed by atoms with van der Waals surface area (Å²) < 4.78 is 30.6. The molecular weight excluding hydrogens is 546 g/mol. The van der Waals surface area contributed by atoms with Gasteiger partial charge in [0.2, 0.25) is 0 Å². The smallest absolute Gasteiger partial charge is 0.339 e. The predicted octanol–water partition coefficient (Wildman–Crippen LogP) is 5.02. The average Bonchev–Trinajstić information content (AvgIpc) is 3.14. The van der Waals surface area contributed by atoms with Gasteiger partial charge in [0.15, 0.2) is 10.9 Å². The van der Waals surface area contributed by atoms with Gasteiger partial charge in [0.05, 0.1) is 20.0 Å². The number of nitrogens with zero attached hydrogens (tertiary/aromatic N) is 2. The lowest BCUT2D eigenvalue weighted by atomic mass is 10.2. The number of non-ortho nitro benzene ring substituents is 1. The molecular formula is C22H14BrN3O6S2. The van der Waals surface area contributed by atoms with Crippen molar-refractivity contribution in [2.45, 2.75) is 4.90 Å². The number of rotatable bonds is 6. The van der Waals surface area contributed by atoms with Crippen molar-refractivity contribution >= 4 is 66.3 Å². The van der Waals surface area contributed by atoms with Crippen molar-refractivity contribution < 1.29 is 22.3 Å². The molecule has 34 heavy (non-hydrogen) atoms. The van der Waals surface area contributed by atoms with E-state index in [2.05, 4.69) is 26.2 Å². The van der Waals surface area contributed by atoms with Crippen molar-refractivity contribution in [3.63, 3.8) is 0 Å². The summed E-state index contributed by atoms with van der Waals surface area (Å²) in [6.07, 6.45) is 1.64. The number of halogens is 1. The zero-order chi connectivity index (χ0) is 24.3. The SMILES string of the molecule is O=C1NC(=Nc2ccccc2)S/C1=C\c1ccc(OS(=O)(=O)c2cccc([N+](=O)[O-])c2)c(Br)c1. The first-order chi connectivity index (χ1) is 16.2. The molecule has 0 saturated carbocycles. The van der Waals surface area contributed by atoms with E-state index in [1.54, 1.807) is 18.2 Å². The van der Waals surface area contributed by atoms with E-state index in [0.717, 1.165) is 6.07 Å². The Morgan fingerprint density at radius 3 is 2.53 bits per heavy atom. The zero-order valence-corrected chi connectivity index (χ0v) is 20.3. The molecule has 1 aliphatic heterocycles. The Bertz CT molecular complexity index is 1460. The first kappa shape index (κ1) is 23.7. The van der Waals surface area contributed by atoms with Crippen LogP contribution in [0.3, 0.4) is 0 Å². The molecule has 0 radical (unpaired) electrons. The lowest BCUT2D eigenvalue weighted by Crippen LogP contribution is -2.19. The Morgan fingerprint density at radius 2 is 1.82 bits per heavy atom. The normalized spacial score (nSPS) is 16.0. The van der Waals surface area contributed by atoms with Crippen molar-refractivity contribution in [2.24, 2.45) is 4.99 Å². The molecule has 1 aliphatic rings. The molecule has 0 aliphatic carbocycles. The molecule has 0 spiro atoms. The molecule has 0 bridgehead atoms. The summed E-state index contributed by atoms with van der Waals surface area (Å²) in [5.74, 6) is -0.312. The van der Waals surface area contributed by atoms with E-state index >= 15 is 0 Å². The van der Waals surface area contributed by atoms with E-state index in [1.165, 1.54) is 36.0 Å². The fraction of sp³-hybridized carbons (Fsp3) is 0. The summed E-state index contributed by atoms with van der Waals surface area (Å²) in [7, 11) is -4.31. The molecule has 1 N–H and O–H groups in total. The maximum atomic E-state index is 12.6. The van der Waals surface area contributed by atoms with Crippen LogP contribution < -0.4 is 9.50 Å². The highest BCUT2D eigenvalue weighted by atomic mass is 79.9. The van der Waals surface area contributed by atoms with Gasteiger partial charge in [-0.2, -0.15) is 8.42 Å². The van der Waals surface area contributed by atoms with Crippen molar-refractivity contribution in [2.75, 3.05) is 0 Å². The summed E-state index contributed by atoms with van der Waals surface area (Å²) in [6.45, 7) is 0. The monoisotopic (exact) mass is 559 g/mol. The number of carbonyl (C=O) groups excluding carboxylic acids is 1. The van der Waals surface area contributed by atoms with E-state index < -0.39 is 15.0 Å². The van der Waals surface area contributed by atoms with E-state index in [0.29, 0.717) is 25.8 Å². The van der Waals surface area contributed by atoms with Gasteiger partial charge in [-0.15, -0.1) is 0 Å². The van der Waals surface area contributed by atoms with Gasteiger partial charge in [-0.3, -0.25) is 14.9 Å². The topological polar surface area (TPSA) is 128 Å². The van der Waals surface area contributed by atoms with Crippen molar-refractivity contribution in [1.29, 1.82) is 0 Å². The van der Waals surface area contributed by atoms with Crippen LogP contribution in [0.4, 0.5) is 11.4 Å². The minimum atomic E-state index is -4.31. The molecule has 1 fully saturated rings. The van der Waals surface area contributed by atoms with Gasteiger partial charge in [-0.05, 0) is 69.7 Å². The highest BCUT2D eigenvalue weighted by Crippen LogP contribution is 2.32. The number of aliphatic imine (C=N–C) groups is 1. The molecule has 172 valence electrons. The van der Waals surface area contributed by atoms with Gasteiger partial charge in [0.25, 0.3) is 11.6 Å². The van der Waals surface area contributed by atoms with Crippen LogP contribution >= 0.6 is 27.7 Å². The number of thioether (sulfide) groups is 1. The summed E-state index contributed by atoms with van der Waals surface area (Å²) in [6, 6.07) is 18.4. The summed E-state index contributed by atoms with van der Waals surface area (Å²) in [5.41, 5.74) is 0.958. The fourth-order valence-electron chi connectivity index (χ4n) is 2.85. The zero-order valence-electron chi connectivity index (χ0n) is 17.0. The van der Waals surface area contributed by atoms with Crippen LogP contribution in [0.2, 0.25) is 0 Å². The molecule has 3 aromatic rings. The number of nitro benzene ring substituents is 1. The minimum absolute atomic E-state index is 0.0106. The van der Waals surface area contributed by atoms with Crippen molar-refractivity contribution in [1.82, 2.24) is 5.32 Å². The van der Waals surface area contributed by atoms with Crippen LogP contribution in [0.1, 0.15) is 5.56 Å². The van der Waals surface area contributed by atoms with Gasteiger partial charge in [-0.1, -0.05) is 30.3 Å². The highest BCUT2D eigenvalue weighted by molar-refractivity contribution is 9.10. The molecule has 9 nitrogen and oxygen atoms in total. The lowest BCUT2D eigenvalue weighted by molar-refractivity contribution is -0.385. The summed E-state index contributed by atoms with van der Waals surface area (Å²) in [4.78, 5) is 27.0. The molecule has 0 aromatic heterocycles. The molecule has 4 rings (SSSR count). The lowest BCUT2D eigenvalue weighted by Gasteiger charge is -2.09. The third-order valence-corrected chi connectivity index (χ3v) is 7.17. The quantitative estimate of drug-likeness (QED) is 0.194. The number of benzene rings is 3. The second-order valence-electron chi connectivity index (χ2n) is 6.80. The number of carbonyl (C=O) groups is 1. The summed E-state index contributed by atoms with van der Waals surface area (Å²) in [5, 5.41) is 14.1. The third kappa shape index (κ3) is 5.53. The highest BCUT2D eigenvalue weighted by Gasteiger charge is 2.24. The second-order valence-corrected chi connectivity index (χ2v) is 10.2. The maximum Gasteiger partial charge on any atom is 0.339 e. The van der Waals surface area contributed by atoms with Gasteiger partial charge in [0.1, 0.15) is 4.90 Å². The van der Waals surface area contributed by atoms with Crippen molar-refractivity contribution in [3.05, 3.63) is 97.9 Å². The third-order valence-electron chi connectivity index (χ3n) is 4.41. The van der Waals surface area contributed by atoms with Gasteiger partial charge >= 0.3 is 10.1 Å². The van der Waals surface area contributed by atoms with E-state index in [4.69, 9.17) is 4.18 Å². The second kappa shape index (κ2) is 9.79. The molecule has 1 saturated heterocycles. The first-order valence-electron chi connectivity index (χ1n) is 9.54. The molecule has 0 atom stereocenters. The first-order valence-corrected chi connectivity index (χ1v) is 12.6.